The molecule has 1 rings (SSSR count). The highest BCUT2D eigenvalue weighted by molar-refractivity contribution is 7.24. The van der Waals surface area contributed by atoms with Gasteiger partial charge < -0.3 is 0 Å². The van der Waals surface area contributed by atoms with E-state index in [0.717, 1.165) is 0 Å². The summed E-state index contributed by atoms with van der Waals surface area (Å²) in [6.07, 6.45) is 4.15. The fourth-order valence-electron chi connectivity index (χ4n) is 1.09. The van der Waals surface area contributed by atoms with E-state index < -0.39 is 14.8 Å². The van der Waals surface area contributed by atoms with Crippen molar-refractivity contribution in [1.82, 2.24) is 0 Å². The molecule has 13 heavy (non-hydrogen) atoms. The quantitative estimate of drug-likeness (QED) is 0.394. The molecule has 1 aliphatic carbocycles. The summed E-state index contributed by atoms with van der Waals surface area (Å²) < 4.78 is 0. The van der Waals surface area contributed by atoms with Crippen LogP contribution < -0.4 is 0 Å². The Hall–Kier alpha value is 0.274. The smallest absolute Gasteiger partial charge is 0.161 e. The lowest BCUT2D eigenvalue weighted by molar-refractivity contribution is 1.81. The second-order valence-corrected chi connectivity index (χ2v) is 16.9. The van der Waals surface area contributed by atoms with Gasteiger partial charge in [0.15, 0.2) is 14.8 Å². The van der Waals surface area contributed by atoms with E-state index in [9.17, 15) is 0 Å². The summed E-state index contributed by atoms with van der Waals surface area (Å²) in [6.45, 7) is 8.42. The van der Waals surface area contributed by atoms with Crippen LogP contribution in [0.4, 0.5) is 0 Å². The van der Waals surface area contributed by atoms with Gasteiger partial charge in [-0.1, -0.05) is 38.3 Å². The van der Waals surface area contributed by atoms with E-state index in [1.165, 1.54) is 10.4 Å². The average Bonchev–Trinajstić information content (AvgIpc) is 2.28. The Kier molecular flexibility index (Phi) is 3.01. The standard InChI is InChI=1S/C9H14Cl2Si2/c1-12(2,10)8-5-6-9(7-8)13(3,4)11/h5-6H,1-4H3. The van der Waals surface area contributed by atoms with Gasteiger partial charge in [0.1, 0.15) is 0 Å². The monoisotopic (exact) mass is 248 g/mol. The van der Waals surface area contributed by atoms with Crippen molar-refractivity contribution in [2.75, 3.05) is 0 Å². The van der Waals surface area contributed by atoms with E-state index in [0.29, 0.717) is 0 Å². The lowest BCUT2D eigenvalue weighted by Gasteiger charge is -2.10. The van der Waals surface area contributed by atoms with Gasteiger partial charge in [0.05, 0.1) is 0 Å². The molecule has 0 amide bonds. The fraction of sp³-hybridized carbons (Fsp3) is 0.444. The molecule has 4 heteroatoms. The first-order valence-electron chi connectivity index (χ1n) is 4.29. The van der Waals surface area contributed by atoms with Crippen molar-refractivity contribution >= 4 is 36.9 Å². The van der Waals surface area contributed by atoms with Crippen LogP contribution in [0.2, 0.25) is 26.2 Å². The molecule has 0 spiro atoms. The first-order valence-corrected chi connectivity index (χ1v) is 12.3. The van der Waals surface area contributed by atoms with Crippen molar-refractivity contribution in [3.63, 3.8) is 0 Å². The van der Waals surface area contributed by atoms with Crippen LogP contribution in [0, 0.1) is 0 Å². The SMILES string of the molecule is C[Si](C)(Cl)C1=C=C([Si](C)(C)Cl)C=C1. The number of rotatable bonds is 2. The van der Waals surface area contributed by atoms with Gasteiger partial charge in [-0.15, -0.1) is 5.73 Å². The molecular formula is C9H14Cl2Si2. The Morgan fingerprint density at radius 2 is 1.23 bits per heavy atom. The van der Waals surface area contributed by atoms with Crippen molar-refractivity contribution < 1.29 is 0 Å². The third-order valence-electron chi connectivity index (χ3n) is 1.97. The largest absolute Gasteiger partial charge is 0.189 e. The van der Waals surface area contributed by atoms with Gasteiger partial charge in [0.25, 0.3) is 0 Å². The summed E-state index contributed by atoms with van der Waals surface area (Å²) in [5, 5.41) is 2.34. The molecule has 72 valence electrons. The molecule has 0 radical (unpaired) electrons. The number of hydrogen-bond donors (Lipinski definition) is 0. The van der Waals surface area contributed by atoms with Crippen molar-refractivity contribution in [2.24, 2.45) is 0 Å². The van der Waals surface area contributed by atoms with Crippen LogP contribution in [-0.4, -0.2) is 14.8 Å². The zero-order valence-corrected chi connectivity index (χ0v) is 11.9. The minimum atomic E-state index is -1.71. The minimum Gasteiger partial charge on any atom is -0.161 e. The highest BCUT2D eigenvalue weighted by atomic mass is 35.6. The maximum absolute atomic E-state index is 6.30. The van der Waals surface area contributed by atoms with E-state index in [2.05, 4.69) is 44.1 Å². The first kappa shape index (κ1) is 11.3. The summed E-state index contributed by atoms with van der Waals surface area (Å²) in [5.74, 6) is 0. The molecule has 1 aliphatic rings. The molecular weight excluding hydrogens is 235 g/mol. The Bertz CT molecular complexity index is 281. The Balaban J connectivity index is 3.09. The molecule has 0 nitrogen and oxygen atoms in total. The maximum atomic E-state index is 6.30. The normalized spacial score (nSPS) is 17.4. The summed E-state index contributed by atoms with van der Waals surface area (Å²) in [4.78, 5) is 0. The van der Waals surface area contributed by atoms with Gasteiger partial charge in [-0.05, 0) is 10.4 Å². The van der Waals surface area contributed by atoms with Gasteiger partial charge in [-0.25, -0.2) is 0 Å². The summed E-state index contributed by atoms with van der Waals surface area (Å²) in [6, 6.07) is 0. The van der Waals surface area contributed by atoms with Crippen LogP contribution in [0.5, 0.6) is 0 Å². The van der Waals surface area contributed by atoms with E-state index in [1.807, 2.05) is 0 Å². The Labute approximate surface area is 91.4 Å². The van der Waals surface area contributed by atoms with Crippen LogP contribution in [-0.2, 0) is 0 Å². The van der Waals surface area contributed by atoms with Crippen molar-refractivity contribution in [3.8, 4) is 0 Å². The predicted octanol–water partition coefficient (Wildman–Crippen LogP) is 3.97. The van der Waals surface area contributed by atoms with Gasteiger partial charge in [0, 0.05) is 0 Å². The molecule has 0 fully saturated rings. The zero-order valence-electron chi connectivity index (χ0n) is 8.41. The Morgan fingerprint density at radius 1 is 0.923 bits per heavy atom. The number of halogens is 2. The topological polar surface area (TPSA) is 0 Å². The third kappa shape index (κ3) is 2.86. The molecule has 0 unspecified atom stereocenters. The summed E-state index contributed by atoms with van der Waals surface area (Å²) in [7, 11) is -3.42. The van der Waals surface area contributed by atoms with E-state index in [4.69, 9.17) is 22.2 Å². The summed E-state index contributed by atoms with van der Waals surface area (Å²) >= 11 is 12.6. The van der Waals surface area contributed by atoms with Gasteiger partial charge in [0.2, 0.25) is 0 Å². The molecule has 0 atom stereocenters. The zero-order chi connectivity index (χ0) is 10.3. The van der Waals surface area contributed by atoms with Crippen LogP contribution >= 0.6 is 22.2 Å². The molecule has 0 bridgehead atoms. The number of hydrogen-bond acceptors (Lipinski definition) is 0. The van der Waals surface area contributed by atoms with E-state index in [1.54, 1.807) is 0 Å². The van der Waals surface area contributed by atoms with Crippen molar-refractivity contribution in [2.45, 2.75) is 26.2 Å². The molecule has 0 aromatic heterocycles. The minimum absolute atomic E-state index is 1.17. The van der Waals surface area contributed by atoms with Crippen LogP contribution in [0.3, 0.4) is 0 Å². The van der Waals surface area contributed by atoms with E-state index in [-0.39, 0.29) is 0 Å². The van der Waals surface area contributed by atoms with Gasteiger partial charge >= 0.3 is 0 Å². The van der Waals surface area contributed by atoms with E-state index >= 15 is 0 Å². The molecule has 0 heterocycles. The average molecular weight is 249 g/mol. The van der Waals surface area contributed by atoms with Gasteiger partial charge in [-0.3, -0.25) is 0 Å². The molecule has 0 saturated heterocycles. The molecule has 0 aliphatic heterocycles. The second kappa shape index (κ2) is 3.45. The summed E-state index contributed by atoms with van der Waals surface area (Å²) in [5.41, 5.74) is 3.35. The third-order valence-corrected chi connectivity index (χ3v) is 6.33. The van der Waals surface area contributed by atoms with Crippen molar-refractivity contribution in [1.29, 1.82) is 0 Å². The fourth-order valence-corrected chi connectivity index (χ4v) is 3.70. The number of allylic oxidation sites excluding steroid dienone is 3. The highest BCUT2D eigenvalue weighted by Crippen LogP contribution is 2.29. The molecule has 0 saturated carbocycles. The Morgan fingerprint density at radius 3 is 1.38 bits per heavy atom. The lowest BCUT2D eigenvalue weighted by atomic mass is 10.6. The van der Waals surface area contributed by atoms with Crippen LogP contribution in [0.1, 0.15) is 0 Å². The predicted molar refractivity (Wildman–Crippen MR) is 66.3 cm³/mol. The lowest BCUT2D eigenvalue weighted by Crippen LogP contribution is -2.19. The van der Waals surface area contributed by atoms with Crippen molar-refractivity contribution in [3.05, 3.63) is 28.3 Å². The van der Waals surface area contributed by atoms with Crippen LogP contribution in [0.15, 0.2) is 28.3 Å². The maximum Gasteiger partial charge on any atom is 0.189 e. The first-order chi connectivity index (χ1) is 5.71. The highest BCUT2D eigenvalue weighted by Gasteiger charge is 2.28. The molecule has 0 N–H and O–H groups in total. The van der Waals surface area contributed by atoms with Gasteiger partial charge in [-0.2, -0.15) is 22.2 Å². The second-order valence-electron chi connectivity index (χ2n) is 4.23. The molecule has 0 aromatic rings. The molecule has 0 aromatic carbocycles. The van der Waals surface area contributed by atoms with Crippen LogP contribution in [0.25, 0.3) is 0 Å².